The summed E-state index contributed by atoms with van der Waals surface area (Å²) in [6.45, 7) is 3.76. The van der Waals surface area contributed by atoms with E-state index in [9.17, 15) is 9.59 Å². The Bertz CT molecular complexity index is 679. The van der Waals surface area contributed by atoms with Crippen LogP contribution in [0.15, 0.2) is 23.6 Å². The number of carbonyl (C=O) groups excluding carboxylic acids is 2. The molecule has 6 heteroatoms. The minimum absolute atomic E-state index is 0.179. The van der Waals surface area contributed by atoms with Crippen LogP contribution in [-0.4, -0.2) is 24.0 Å². The van der Waals surface area contributed by atoms with Gasteiger partial charge in [-0.2, -0.15) is 0 Å². The normalized spacial score (nSPS) is 10.2. The van der Waals surface area contributed by atoms with Gasteiger partial charge in [0.25, 0.3) is 0 Å². The number of aryl methyl sites for hydroxylation is 2. The van der Waals surface area contributed by atoms with E-state index in [1.54, 1.807) is 12.1 Å². The highest BCUT2D eigenvalue weighted by Gasteiger charge is 2.15. The molecular formula is C15H16N2O3S. The number of esters is 1. The molecule has 1 amide bonds. The van der Waals surface area contributed by atoms with Gasteiger partial charge in [-0.25, -0.2) is 9.78 Å². The van der Waals surface area contributed by atoms with E-state index in [-0.39, 0.29) is 12.3 Å². The summed E-state index contributed by atoms with van der Waals surface area (Å²) in [6, 6.07) is 5.22. The Morgan fingerprint density at radius 3 is 2.71 bits per heavy atom. The average Bonchev–Trinajstić information content (AvgIpc) is 2.85. The lowest BCUT2D eigenvalue weighted by Gasteiger charge is -2.10. The molecule has 2 aromatic rings. The zero-order chi connectivity index (χ0) is 15.4. The smallest absolute Gasteiger partial charge is 0.339 e. The standard InChI is InChI=1S/C15H16N2O3S/c1-9-4-5-13(12(6-9)15(19)20-3)17-14(18)7-11-8-21-10(2)16-11/h4-6,8H,7H2,1-3H3,(H,17,18). The topological polar surface area (TPSA) is 68.3 Å². The van der Waals surface area contributed by atoms with Crippen LogP contribution in [0.5, 0.6) is 0 Å². The Hall–Kier alpha value is -2.21. The number of hydrogen-bond donors (Lipinski definition) is 1. The van der Waals surface area contributed by atoms with Gasteiger partial charge in [-0.15, -0.1) is 11.3 Å². The Morgan fingerprint density at radius 1 is 1.33 bits per heavy atom. The summed E-state index contributed by atoms with van der Waals surface area (Å²) >= 11 is 1.50. The van der Waals surface area contributed by atoms with E-state index in [4.69, 9.17) is 4.74 Å². The van der Waals surface area contributed by atoms with Crippen LogP contribution in [0.3, 0.4) is 0 Å². The lowest BCUT2D eigenvalue weighted by atomic mass is 10.1. The maximum Gasteiger partial charge on any atom is 0.339 e. The lowest BCUT2D eigenvalue weighted by Crippen LogP contribution is -2.17. The minimum Gasteiger partial charge on any atom is -0.465 e. The van der Waals surface area contributed by atoms with Crippen LogP contribution in [0.2, 0.25) is 0 Å². The Morgan fingerprint density at radius 2 is 2.10 bits per heavy atom. The van der Waals surface area contributed by atoms with Crippen LogP contribution in [0.4, 0.5) is 5.69 Å². The Balaban J connectivity index is 2.15. The molecule has 110 valence electrons. The molecular weight excluding hydrogens is 288 g/mol. The van der Waals surface area contributed by atoms with Gasteiger partial charge in [0.2, 0.25) is 5.91 Å². The van der Waals surface area contributed by atoms with Crippen molar-refractivity contribution in [1.29, 1.82) is 0 Å². The molecule has 0 saturated heterocycles. The van der Waals surface area contributed by atoms with Gasteiger partial charge in [-0.1, -0.05) is 11.6 Å². The number of rotatable bonds is 4. The summed E-state index contributed by atoms with van der Waals surface area (Å²) in [7, 11) is 1.31. The molecule has 0 aliphatic rings. The SMILES string of the molecule is COC(=O)c1cc(C)ccc1NC(=O)Cc1csc(C)n1. The van der Waals surface area contributed by atoms with Gasteiger partial charge < -0.3 is 10.1 Å². The number of nitrogens with zero attached hydrogens (tertiary/aromatic N) is 1. The molecule has 0 spiro atoms. The number of amides is 1. The fourth-order valence-electron chi connectivity index (χ4n) is 1.89. The molecule has 1 aromatic heterocycles. The number of thiazole rings is 1. The van der Waals surface area contributed by atoms with Crippen molar-refractivity contribution < 1.29 is 14.3 Å². The molecule has 0 unspecified atom stereocenters. The van der Waals surface area contributed by atoms with E-state index >= 15 is 0 Å². The maximum absolute atomic E-state index is 12.0. The monoisotopic (exact) mass is 304 g/mol. The number of nitrogens with one attached hydrogen (secondary N) is 1. The number of hydrogen-bond acceptors (Lipinski definition) is 5. The predicted octanol–water partition coefficient (Wildman–Crippen LogP) is 2.73. The molecule has 2 rings (SSSR count). The summed E-state index contributed by atoms with van der Waals surface area (Å²) in [4.78, 5) is 28.0. The molecule has 1 heterocycles. The first-order valence-corrected chi connectivity index (χ1v) is 7.27. The van der Waals surface area contributed by atoms with Gasteiger partial charge in [0.05, 0.1) is 35.5 Å². The summed E-state index contributed by atoms with van der Waals surface area (Å²) in [6.07, 6.45) is 0.179. The van der Waals surface area contributed by atoms with Crippen molar-refractivity contribution in [1.82, 2.24) is 4.98 Å². The summed E-state index contributed by atoms with van der Waals surface area (Å²) in [5, 5.41) is 5.51. The van der Waals surface area contributed by atoms with Gasteiger partial charge in [0, 0.05) is 5.38 Å². The van der Waals surface area contributed by atoms with Gasteiger partial charge in [0.1, 0.15) is 0 Å². The molecule has 0 atom stereocenters. The zero-order valence-corrected chi connectivity index (χ0v) is 12.9. The number of methoxy groups -OCH3 is 1. The molecule has 0 fully saturated rings. The van der Waals surface area contributed by atoms with E-state index in [2.05, 4.69) is 10.3 Å². The van der Waals surface area contributed by atoms with E-state index in [0.29, 0.717) is 11.3 Å². The fraction of sp³-hybridized carbons (Fsp3) is 0.267. The molecule has 0 aliphatic carbocycles. The highest BCUT2D eigenvalue weighted by Crippen LogP contribution is 2.19. The quantitative estimate of drug-likeness (QED) is 0.882. The highest BCUT2D eigenvalue weighted by molar-refractivity contribution is 7.09. The van der Waals surface area contributed by atoms with Gasteiger partial charge >= 0.3 is 5.97 Å². The van der Waals surface area contributed by atoms with Gasteiger partial charge in [-0.05, 0) is 26.0 Å². The zero-order valence-electron chi connectivity index (χ0n) is 12.1. The average molecular weight is 304 g/mol. The van der Waals surface area contributed by atoms with Crippen molar-refractivity contribution in [3.63, 3.8) is 0 Å². The first kappa shape index (κ1) is 15.2. The van der Waals surface area contributed by atoms with Crippen molar-refractivity contribution >= 4 is 28.9 Å². The Labute approximate surface area is 127 Å². The first-order chi connectivity index (χ1) is 9.99. The summed E-state index contributed by atoms with van der Waals surface area (Å²) in [5.41, 5.74) is 2.44. The molecule has 5 nitrogen and oxygen atoms in total. The maximum atomic E-state index is 12.0. The predicted molar refractivity (Wildman–Crippen MR) is 81.7 cm³/mol. The number of carbonyl (C=O) groups is 2. The van der Waals surface area contributed by atoms with Crippen LogP contribution >= 0.6 is 11.3 Å². The summed E-state index contributed by atoms with van der Waals surface area (Å²) < 4.78 is 4.73. The molecule has 0 bridgehead atoms. The molecule has 21 heavy (non-hydrogen) atoms. The van der Waals surface area contributed by atoms with Crippen molar-refractivity contribution in [2.24, 2.45) is 0 Å². The molecule has 0 radical (unpaired) electrons. The second kappa shape index (κ2) is 6.49. The molecule has 0 saturated carbocycles. The van der Waals surface area contributed by atoms with Crippen LogP contribution < -0.4 is 5.32 Å². The third-order valence-electron chi connectivity index (χ3n) is 2.86. The van der Waals surface area contributed by atoms with Crippen molar-refractivity contribution in [3.8, 4) is 0 Å². The van der Waals surface area contributed by atoms with E-state index in [1.165, 1.54) is 18.4 Å². The number of benzene rings is 1. The minimum atomic E-state index is -0.474. The van der Waals surface area contributed by atoms with Crippen LogP contribution in [0, 0.1) is 13.8 Å². The highest BCUT2D eigenvalue weighted by atomic mass is 32.1. The first-order valence-electron chi connectivity index (χ1n) is 6.39. The molecule has 1 aromatic carbocycles. The lowest BCUT2D eigenvalue weighted by molar-refractivity contribution is -0.115. The van der Waals surface area contributed by atoms with E-state index in [1.807, 2.05) is 25.3 Å². The second-order valence-corrected chi connectivity index (χ2v) is 5.69. The van der Waals surface area contributed by atoms with Crippen molar-refractivity contribution in [2.75, 3.05) is 12.4 Å². The van der Waals surface area contributed by atoms with Crippen LogP contribution in [0.1, 0.15) is 26.6 Å². The van der Waals surface area contributed by atoms with E-state index in [0.717, 1.165) is 16.3 Å². The second-order valence-electron chi connectivity index (χ2n) is 4.62. The third-order valence-corrected chi connectivity index (χ3v) is 3.69. The molecule has 0 aliphatic heterocycles. The van der Waals surface area contributed by atoms with Crippen LogP contribution in [-0.2, 0) is 16.0 Å². The summed E-state index contributed by atoms with van der Waals surface area (Å²) in [5.74, 6) is -0.687. The number of anilines is 1. The number of ether oxygens (including phenoxy) is 1. The van der Waals surface area contributed by atoms with Gasteiger partial charge in [0.15, 0.2) is 0 Å². The van der Waals surface area contributed by atoms with Crippen molar-refractivity contribution in [2.45, 2.75) is 20.3 Å². The van der Waals surface area contributed by atoms with E-state index < -0.39 is 5.97 Å². The fourth-order valence-corrected chi connectivity index (χ4v) is 2.51. The van der Waals surface area contributed by atoms with Crippen LogP contribution in [0.25, 0.3) is 0 Å². The Kier molecular flexibility index (Phi) is 4.70. The van der Waals surface area contributed by atoms with Gasteiger partial charge in [-0.3, -0.25) is 4.79 Å². The van der Waals surface area contributed by atoms with Crippen molar-refractivity contribution in [3.05, 3.63) is 45.4 Å². The molecule has 1 N–H and O–H groups in total. The third kappa shape index (κ3) is 3.88. The largest absolute Gasteiger partial charge is 0.465 e. The number of aromatic nitrogens is 1.